The van der Waals surface area contributed by atoms with Gasteiger partial charge in [-0.25, -0.2) is 9.78 Å². The number of halogens is 2. The Morgan fingerprint density at radius 3 is 2.38 bits per heavy atom. The molecule has 13 heavy (non-hydrogen) atoms. The fraction of sp³-hybridized carbons (Fsp3) is 0.286. The van der Waals surface area contributed by atoms with E-state index in [4.69, 9.17) is 5.11 Å². The first-order valence-electron chi connectivity index (χ1n) is 3.35. The summed E-state index contributed by atoms with van der Waals surface area (Å²) >= 11 is 0. The summed E-state index contributed by atoms with van der Waals surface area (Å²) < 4.78 is 25.4. The van der Waals surface area contributed by atoms with Crippen molar-refractivity contribution in [3.05, 3.63) is 23.8 Å². The van der Waals surface area contributed by atoms with E-state index in [1.54, 1.807) is 0 Å². The van der Waals surface area contributed by atoms with E-state index in [0.29, 0.717) is 6.92 Å². The van der Waals surface area contributed by atoms with Crippen molar-refractivity contribution >= 4 is 5.97 Å². The van der Waals surface area contributed by atoms with E-state index in [1.807, 2.05) is 0 Å². The Hall–Kier alpha value is -1.59. The SMILES string of the molecule is CC(F)(F)c1nccnc1C(=O)O. The van der Waals surface area contributed by atoms with Gasteiger partial charge in [0.1, 0.15) is 5.69 Å². The third kappa shape index (κ3) is 1.95. The molecule has 70 valence electrons. The van der Waals surface area contributed by atoms with Gasteiger partial charge in [-0.1, -0.05) is 0 Å². The van der Waals surface area contributed by atoms with Gasteiger partial charge in [0.2, 0.25) is 0 Å². The molecular weight excluding hydrogens is 182 g/mol. The molecule has 0 spiro atoms. The lowest BCUT2D eigenvalue weighted by atomic mass is 10.2. The Balaban J connectivity index is 3.28. The zero-order valence-electron chi connectivity index (χ0n) is 6.66. The molecule has 0 atom stereocenters. The highest BCUT2D eigenvalue weighted by Gasteiger charge is 2.32. The van der Waals surface area contributed by atoms with Gasteiger partial charge in [0.15, 0.2) is 5.69 Å². The average molecular weight is 188 g/mol. The lowest BCUT2D eigenvalue weighted by Gasteiger charge is -2.10. The first-order valence-corrected chi connectivity index (χ1v) is 3.35. The maximum absolute atomic E-state index is 12.7. The van der Waals surface area contributed by atoms with E-state index in [-0.39, 0.29) is 0 Å². The van der Waals surface area contributed by atoms with Gasteiger partial charge >= 0.3 is 5.97 Å². The molecule has 1 N–H and O–H groups in total. The van der Waals surface area contributed by atoms with E-state index in [0.717, 1.165) is 12.4 Å². The number of carboxylic acid groups (broad SMARTS) is 1. The zero-order valence-corrected chi connectivity index (χ0v) is 6.66. The van der Waals surface area contributed by atoms with E-state index >= 15 is 0 Å². The maximum atomic E-state index is 12.7. The van der Waals surface area contributed by atoms with Crippen molar-refractivity contribution in [1.82, 2.24) is 9.97 Å². The molecule has 6 heteroatoms. The van der Waals surface area contributed by atoms with Crippen molar-refractivity contribution in [2.75, 3.05) is 0 Å². The summed E-state index contributed by atoms with van der Waals surface area (Å²) in [6.07, 6.45) is 2.08. The molecular formula is C7H6F2N2O2. The van der Waals surface area contributed by atoms with E-state index in [1.165, 1.54) is 0 Å². The lowest BCUT2D eigenvalue weighted by Crippen LogP contribution is -2.17. The van der Waals surface area contributed by atoms with Crippen LogP contribution in [0.5, 0.6) is 0 Å². The summed E-state index contributed by atoms with van der Waals surface area (Å²) in [6, 6.07) is 0. The van der Waals surface area contributed by atoms with E-state index in [2.05, 4.69) is 9.97 Å². The summed E-state index contributed by atoms with van der Waals surface area (Å²) in [6.45, 7) is 0.573. The van der Waals surface area contributed by atoms with Crippen LogP contribution in [0.25, 0.3) is 0 Å². The summed E-state index contributed by atoms with van der Waals surface area (Å²) in [7, 11) is 0. The molecule has 1 aromatic rings. The average Bonchev–Trinajstić information content (AvgIpc) is 2.03. The molecule has 0 amide bonds. The van der Waals surface area contributed by atoms with Gasteiger partial charge in [-0.05, 0) is 0 Å². The molecule has 1 rings (SSSR count). The largest absolute Gasteiger partial charge is 0.476 e. The third-order valence-corrected chi connectivity index (χ3v) is 1.32. The van der Waals surface area contributed by atoms with Gasteiger partial charge in [-0.2, -0.15) is 8.78 Å². The fourth-order valence-corrected chi connectivity index (χ4v) is 0.816. The third-order valence-electron chi connectivity index (χ3n) is 1.32. The number of hydrogen-bond acceptors (Lipinski definition) is 3. The predicted octanol–water partition coefficient (Wildman–Crippen LogP) is 1.29. The molecule has 1 aromatic heterocycles. The Labute approximate surface area is 72.3 Å². The number of hydrogen-bond donors (Lipinski definition) is 1. The Morgan fingerprint density at radius 2 is 2.00 bits per heavy atom. The van der Waals surface area contributed by atoms with Crippen LogP contribution < -0.4 is 0 Å². The maximum Gasteiger partial charge on any atom is 0.356 e. The minimum atomic E-state index is -3.29. The van der Waals surface area contributed by atoms with Crippen LogP contribution in [0, 0.1) is 0 Å². The quantitative estimate of drug-likeness (QED) is 0.759. The number of nitrogens with zero attached hydrogens (tertiary/aromatic N) is 2. The van der Waals surface area contributed by atoms with Crippen LogP contribution in [0.4, 0.5) is 8.78 Å². The monoisotopic (exact) mass is 188 g/mol. The van der Waals surface area contributed by atoms with Crippen LogP contribution >= 0.6 is 0 Å². The molecule has 4 nitrogen and oxygen atoms in total. The summed E-state index contributed by atoms with van der Waals surface area (Å²) in [5.41, 5.74) is -1.53. The summed E-state index contributed by atoms with van der Waals surface area (Å²) in [5.74, 6) is -4.80. The van der Waals surface area contributed by atoms with Crippen LogP contribution in [0.15, 0.2) is 12.4 Å². The van der Waals surface area contributed by atoms with Crippen LogP contribution in [0.2, 0.25) is 0 Å². The van der Waals surface area contributed by atoms with Crippen molar-refractivity contribution in [2.45, 2.75) is 12.8 Å². The zero-order chi connectivity index (χ0) is 10.1. The van der Waals surface area contributed by atoms with Gasteiger partial charge in [-0.15, -0.1) is 0 Å². The fourth-order valence-electron chi connectivity index (χ4n) is 0.816. The molecule has 0 aliphatic carbocycles. The molecule has 0 radical (unpaired) electrons. The normalized spacial score (nSPS) is 11.3. The van der Waals surface area contributed by atoms with Gasteiger partial charge in [0, 0.05) is 19.3 Å². The second-order valence-electron chi connectivity index (χ2n) is 2.45. The molecule has 0 aliphatic rings. The molecule has 0 unspecified atom stereocenters. The minimum absolute atomic E-state index is 0.573. The van der Waals surface area contributed by atoms with Crippen molar-refractivity contribution in [3.63, 3.8) is 0 Å². The van der Waals surface area contributed by atoms with Crippen molar-refractivity contribution in [2.24, 2.45) is 0 Å². The number of carbonyl (C=O) groups is 1. The van der Waals surface area contributed by atoms with Crippen molar-refractivity contribution < 1.29 is 18.7 Å². The number of rotatable bonds is 2. The van der Waals surface area contributed by atoms with Crippen molar-refractivity contribution in [3.8, 4) is 0 Å². The molecule has 0 aromatic carbocycles. The highest BCUT2D eigenvalue weighted by molar-refractivity contribution is 5.86. The Morgan fingerprint density at radius 1 is 1.46 bits per heavy atom. The van der Waals surface area contributed by atoms with Crippen LogP contribution in [-0.4, -0.2) is 21.0 Å². The van der Waals surface area contributed by atoms with Crippen LogP contribution in [-0.2, 0) is 5.92 Å². The molecule has 0 fully saturated rings. The van der Waals surface area contributed by atoms with Gasteiger partial charge < -0.3 is 5.11 Å². The summed E-state index contributed by atoms with van der Waals surface area (Å²) in [5, 5.41) is 8.49. The standard InChI is InChI=1S/C7H6F2N2O2/c1-7(8,9)5-4(6(12)13)10-2-3-11-5/h2-3H,1H3,(H,12,13). The lowest BCUT2D eigenvalue weighted by molar-refractivity contribution is 0.0100. The van der Waals surface area contributed by atoms with E-state index in [9.17, 15) is 13.6 Å². The molecule has 0 saturated heterocycles. The predicted molar refractivity (Wildman–Crippen MR) is 38.6 cm³/mol. The minimum Gasteiger partial charge on any atom is -0.476 e. The van der Waals surface area contributed by atoms with Gasteiger partial charge in [-0.3, -0.25) is 4.98 Å². The number of carboxylic acids is 1. The molecule has 1 heterocycles. The molecule has 0 aliphatic heterocycles. The van der Waals surface area contributed by atoms with Gasteiger partial charge in [0.05, 0.1) is 0 Å². The number of aromatic nitrogens is 2. The van der Waals surface area contributed by atoms with E-state index < -0.39 is 23.3 Å². The van der Waals surface area contributed by atoms with Crippen molar-refractivity contribution in [1.29, 1.82) is 0 Å². The Bertz CT molecular complexity index is 336. The highest BCUT2D eigenvalue weighted by Crippen LogP contribution is 2.26. The van der Waals surface area contributed by atoms with Crippen LogP contribution in [0.3, 0.4) is 0 Å². The van der Waals surface area contributed by atoms with Gasteiger partial charge in [0.25, 0.3) is 5.92 Å². The first kappa shape index (κ1) is 9.50. The Kier molecular flexibility index (Phi) is 2.22. The highest BCUT2D eigenvalue weighted by atomic mass is 19.3. The second-order valence-corrected chi connectivity index (χ2v) is 2.45. The second kappa shape index (κ2) is 3.04. The summed E-state index contributed by atoms with van der Waals surface area (Å²) in [4.78, 5) is 17.0. The van der Waals surface area contributed by atoms with Crippen LogP contribution in [0.1, 0.15) is 23.1 Å². The number of alkyl halides is 2. The number of aromatic carboxylic acids is 1. The molecule has 0 saturated carbocycles. The smallest absolute Gasteiger partial charge is 0.356 e. The first-order chi connectivity index (χ1) is 5.93. The topological polar surface area (TPSA) is 63.1 Å². The molecule has 0 bridgehead atoms.